The number of carboxylic acids is 1. The molecule has 0 unspecified atom stereocenters. The molecule has 4 atom stereocenters. The van der Waals surface area contributed by atoms with E-state index in [2.05, 4.69) is 0 Å². The lowest BCUT2D eigenvalue weighted by atomic mass is 9.68. The van der Waals surface area contributed by atoms with Crippen molar-refractivity contribution >= 4 is 75.6 Å². The first-order valence-electron chi connectivity index (χ1n) is 9.25. The molecule has 2 aliphatic carbocycles. The second kappa shape index (κ2) is 6.91. The average Bonchev–Trinajstić information content (AvgIpc) is 2.92. The fraction of sp³-hybridized carbons (Fsp3) is 0.286. The lowest BCUT2D eigenvalue weighted by Crippen LogP contribution is -2.45. The number of hydrogen-bond donors (Lipinski definition) is 3. The van der Waals surface area contributed by atoms with Gasteiger partial charge in [-0.25, -0.2) is 0 Å². The maximum Gasteiger partial charge on any atom is 0.309 e. The van der Waals surface area contributed by atoms with Crippen LogP contribution in [0.4, 0.5) is 0 Å². The highest BCUT2D eigenvalue weighted by Gasteiger charge is 2.85. The minimum atomic E-state index is -2.07. The molecule has 168 valence electrons. The summed E-state index contributed by atoms with van der Waals surface area (Å²) in [4.78, 5) is 8.70. The van der Waals surface area contributed by atoms with Crippen LogP contribution in [0.25, 0.3) is 0 Å². The van der Waals surface area contributed by atoms with Crippen molar-refractivity contribution in [3.63, 3.8) is 0 Å². The molecule has 2 bridgehead atoms. The molecule has 3 aliphatic rings. The van der Waals surface area contributed by atoms with Gasteiger partial charge in [0.1, 0.15) is 32.7 Å². The molecule has 0 spiro atoms. The van der Waals surface area contributed by atoms with E-state index in [4.69, 9.17) is 74.3 Å². The van der Waals surface area contributed by atoms with Gasteiger partial charge in [0.15, 0.2) is 4.33 Å². The van der Waals surface area contributed by atoms with E-state index >= 15 is 0 Å². The van der Waals surface area contributed by atoms with Crippen LogP contribution in [-0.2, 0) is 4.79 Å². The SMILES string of the molecule is O=C(O)[C@@H]1[C@H](C2c3ccc(O)cc3Oc3cc(O)ccc32)[C@]2(Cl)C(Cl)=C(Cl)[C@]1(Cl)C2(Cl)Cl. The van der Waals surface area contributed by atoms with E-state index < -0.39 is 37.8 Å². The summed E-state index contributed by atoms with van der Waals surface area (Å²) in [5.74, 6) is -4.30. The standard InChI is InChI=1S/C21H12Cl6O5/c22-16-17(23)20(25)15(18(30)31)14(19(16,24)21(20,26)27)13-9-3-1-7(28)5-11(9)32-12-6-8(29)2-4-10(12)13/h1-6,13-15,28-29H,(H,30,31)/t14-,15-,19-,20-/m0/s1. The zero-order valence-corrected chi connectivity index (χ0v) is 20.2. The smallest absolute Gasteiger partial charge is 0.309 e. The van der Waals surface area contributed by atoms with E-state index in [9.17, 15) is 20.1 Å². The quantitative estimate of drug-likeness (QED) is 0.368. The molecule has 1 aliphatic heterocycles. The highest BCUT2D eigenvalue weighted by atomic mass is 35.5. The molecule has 0 radical (unpaired) electrons. The maximum atomic E-state index is 12.6. The number of carbonyl (C=O) groups is 1. The number of aromatic hydroxyl groups is 2. The van der Waals surface area contributed by atoms with Crippen molar-refractivity contribution in [3.8, 4) is 23.0 Å². The second-order valence-electron chi connectivity index (χ2n) is 7.99. The Morgan fingerprint density at radius 2 is 1.31 bits per heavy atom. The molecule has 1 heterocycles. The normalized spacial score (nSPS) is 32.4. The lowest BCUT2D eigenvalue weighted by Gasteiger charge is -2.42. The van der Waals surface area contributed by atoms with Crippen LogP contribution in [0.2, 0.25) is 0 Å². The summed E-state index contributed by atoms with van der Waals surface area (Å²) in [5.41, 5.74) is 1.02. The number of halogens is 6. The maximum absolute atomic E-state index is 12.6. The minimum Gasteiger partial charge on any atom is -0.508 e. The number of benzene rings is 2. The summed E-state index contributed by atoms with van der Waals surface area (Å²) >= 11 is 40.1. The van der Waals surface area contributed by atoms with Crippen LogP contribution in [0.1, 0.15) is 17.0 Å². The van der Waals surface area contributed by atoms with Crippen LogP contribution in [0, 0.1) is 11.8 Å². The third-order valence-corrected chi connectivity index (χ3v) is 10.8. The first-order valence-corrected chi connectivity index (χ1v) is 11.5. The molecule has 0 amide bonds. The molecule has 2 aromatic rings. The van der Waals surface area contributed by atoms with Crippen molar-refractivity contribution < 1.29 is 24.9 Å². The first kappa shape index (κ1) is 22.6. The summed E-state index contributed by atoms with van der Waals surface area (Å²) in [5, 5.41) is 29.9. The van der Waals surface area contributed by atoms with Crippen LogP contribution in [0.15, 0.2) is 46.5 Å². The van der Waals surface area contributed by atoms with E-state index in [1.54, 1.807) is 12.1 Å². The van der Waals surface area contributed by atoms with E-state index in [0.717, 1.165) is 0 Å². The van der Waals surface area contributed by atoms with Crippen LogP contribution in [0.3, 0.4) is 0 Å². The van der Waals surface area contributed by atoms with Crippen molar-refractivity contribution in [1.29, 1.82) is 0 Å². The Morgan fingerprint density at radius 1 is 0.844 bits per heavy atom. The Morgan fingerprint density at radius 3 is 1.78 bits per heavy atom. The molecular weight excluding hydrogens is 545 g/mol. The van der Waals surface area contributed by atoms with E-state index in [0.29, 0.717) is 11.1 Å². The number of alkyl halides is 4. The number of phenolic OH excluding ortho intramolecular Hbond substituents is 2. The van der Waals surface area contributed by atoms with Crippen molar-refractivity contribution in [3.05, 3.63) is 57.6 Å². The Bertz CT molecular complexity index is 1180. The Hall–Kier alpha value is -1.21. The van der Waals surface area contributed by atoms with Crippen molar-refractivity contribution in [2.45, 2.75) is 20.0 Å². The summed E-state index contributed by atoms with van der Waals surface area (Å²) in [6.45, 7) is 0. The summed E-state index contributed by atoms with van der Waals surface area (Å²) in [6.07, 6.45) is 0. The molecule has 32 heavy (non-hydrogen) atoms. The third-order valence-electron chi connectivity index (χ3n) is 6.50. The number of fused-ring (bicyclic) bond motifs is 4. The second-order valence-corrected chi connectivity index (χ2v) is 11.3. The zero-order chi connectivity index (χ0) is 23.4. The molecule has 5 rings (SSSR count). The van der Waals surface area contributed by atoms with E-state index in [1.165, 1.54) is 24.3 Å². The predicted molar refractivity (Wildman–Crippen MR) is 123 cm³/mol. The van der Waals surface area contributed by atoms with Gasteiger partial charge in [-0.2, -0.15) is 0 Å². The first-order chi connectivity index (χ1) is 14.9. The summed E-state index contributed by atoms with van der Waals surface area (Å²) < 4.78 is 3.81. The number of aliphatic carboxylic acids is 1. The van der Waals surface area contributed by atoms with Gasteiger partial charge in [-0.05, 0) is 12.1 Å². The number of ether oxygens (including phenoxy) is 1. The fourth-order valence-electron chi connectivity index (χ4n) is 5.18. The minimum absolute atomic E-state index is 0.0757. The summed E-state index contributed by atoms with van der Waals surface area (Å²) in [6, 6.07) is 8.77. The molecular formula is C21H12Cl6O5. The average molecular weight is 557 g/mol. The van der Waals surface area contributed by atoms with E-state index in [1.807, 2.05) is 0 Å². The number of carboxylic acid groups (broad SMARTS) is 1. The summed E-state index contributed by atoms with van der Waals surface area (Å²) in [7, 11) is 0. The van der Waals surface area contributed by atoms with Gasteiger partial charge < -0.3 is 20.1 Å². The van der Waals surface area contributed by atoms with Crippen molar-refractivity contribution in [1.82, 2.24) is 0 Å². The number of phenols is 2. The molecule has 5 nitrogen and oxygen atoms in total. The van der Waals surface area contributed by atoms with Gasteiger partial charge in [0.05, 0.1) is 16.0 Å². The Kier molecular flexibility index (Phi) is 4.87. The van der Waals surface area contributed by atoms with Gasteiger partial charge in [0.25, 0.3) is 0 Å². The third kappa shape index (κ3) is 2.47. The molecule has 1 fully saturated rings. The molecule has 11 heteroatoms. The molecule has 2 aromatic carbocycles. The van der Waals surface area contributed by atoms with Gasteiger partial charge in [-0.1, -0.05) is 58.5 Å². The number of hydrogen-bond acceptors (Lipinski definition) is 4. The molecule has 3 N–H and O–H groups in total. The van der Waals surface area contributed by atoms with Gasteiger partial charge in [-0.15, -0.1) is 23.2 Å². The Labute approximate surface area is 212 Å². The van der Waals surface area contributed by atoms with Crippen LogP contribution < -0.4 is 4.74 Å². The van der Waals surface area contributed by atoms with Gasteiger partial charge in [0, 0.05) is 35.1 Å². The number of allylic oxidation sites excluding steroid dienone is 2. The van der Waals surface area contributed by atoms with Crippen molar-refractivity contribution in [2.75, 3.05) is 0 Å². The molecule has 0 saturated heterocycles. The largest absolute Gasteiger partial charge is 0.508 e. The number of rotatable bonds is 2. The zero-order valence-electron chi connectivity index (χ0n) is 15.6. The highest BCUT2D eigenvalue weighted by molar-refractivity contribution is 6.66. The lowest BCUT2D eigenvalue weighted by molar-refractivity contribution is -0.144. The van der Waals surface area contributed by atoms with E-state index in [-0.39, 0.29) is 33.1 Å². The molecule has 1 saturated carbocycles. The predicted octanol–water partition coefficient (Wildman–Crippen LogP) is 6.50. The van der Waals surface area contributed by atoms with Crippen LogP contribution in [0.5, 0.6) is 23.0 Å². The Balaban J connectivity index is 1.85. The molecule has 0 aromatic heterocycles. The van der Waals surface area contributed by atoms with Gasteiger partial charge in [0.2, 0.25) is 0 Å². The monoisotopic (exact) mass is 554 g/mol. The highest BCUT2D eigenvalue weighted by Crippen LogP contribution is 2.79. The van der Waals surface area contributed by atoms with Crippen LogP contribution in [-0.4, -0.2) is 35.4 Å². The van der Waals surface area contributed by atoms with Gasteiger partial charge >= 0.3 is 5.97 Å². The van der Waals surface area contributed by atoms with Crippen LogP contribution >= 0.6 is 69.6 Å². The fourth-order valence-corrected chi connectivity index (χ4v) is 8.18. The topological polar surface area (TPSA) is 87.0 Å². The van der Waals surface area contributed by atoms with Crippen molar-refractivity contribution in [2.24, 2.45) is 11.8 Å². The van der Waals surface area contributed by atoms with Gasteiger partial charge in [-0.3, -0.25) is 4.79 Å².